The number of rotatable bonds is 5. The molecule has 0 saturated carbocycles. The van der Waals surface area contributed by atoms with Gasteiger partial charge in [-0.2, -0.15) is 27.1 Å². The maximum Gasteiger partial charge on any atom is 0.461 e. The molecular weight excluding hydrogens is 362 g/mol. The van der Waals surface area contributed by atoms with Crippen LogP contribution < -0.4 is 4.74 Å². The van der Waals surface area contributed by atoms with Gasteiger partial charge in [0.1, 0.15) is 5.75 Å². The topological polar surface area (TPSA) is 27.1 Å². The summed E-state index contributed by atoms with van der Waals surface area (Å²) in [6.45, 7) is 0. The van der Waals surface area contributed by atoms with Gasteiger partial charge in [0.15, 0.2) is 0 Å². The van der Waals surface area contributed by atoms with Gasteiger partial charge in [-0.25, -0.2) is 4.09 Å². The fourth-order valence-electron chi connectivity index (χ4n) is 1.41. The van der Waals surface area contributed by atoms with Crippen molar-refractivity contribution >= 4 is 46.1 Å². The summed E-state index contributed by atoms with van der Waals surface area (Å²) in [5.41, 5.74) is 0.117. The van der Waals surface area contributed by atoms with Crippen LogP contribution in [0.25, 0.3) is 10.9 Å². The molecule has 0 bridgehead atoms. The van der Waals surface area contributed by atoms with E-state index in [1.165, 1.54) is 12.3 Å². The molecule has 0 aliphatic rings. The van der Waals surface area contributed by atoms with E-state index in [2.05, 4.69) is 9.84 Å². The Bertz CT molecular complexity index is 646. The van der Waals surface area contributed by atoms with E-state index in [1.807, 2.05) is 0 Å². The van der Waals surface area contributed by atoms with Crippen LogP contribution in [0, 0.1) is 0 Å². The molecule has 0 amide bonds. The van der Waals surface area contributed by atoms with Gasteiger partial charge >= 0.3 is 16.5 Å². The maximum absolute atomic E-state index is 13.1. The summed E-state index contributed by atoms with van der Waals surface area (Å²) in [6.07, 6.45) is -7.34. The molecule has 11 heteroatoms. The van der Waals surface area contributed by atoms with Crippen LogP contribution in [0.5, 0.6) is 5.75 Å². The van der Waals surface area contributed by atoms with Gasteiger partial charge in [-0.15, -0.1) is 0 Å². The Labute approximate surface area is 129 Å². The molecule has 0 fully saturated rings. The second kappa shape index (κ2) is 5.69. The van der Waals surface area contributed by atoms with Crippen molar-refractivity contribution in [2.75, 3.05) is 0 Å². The Morgan fingerprint density at radius 2 is 1.90 bits per heavy atom. The number of hydrogen-bond donors (Lipinski definition) is 0. The SMILES string of the molecule is FC(F)C(F)(F)Oc1ccc2cnn(SC(F)(Cl)Cl)c2c1. The van der Waals surface area contributed by atoms with Crippen molar-refractivity contribution in [3.8, 4) is 5.75 Å². The standard InChI is InChI=1S/C10H5Cl2F5N2OS/c11-10(12,17)21-19-7-3-6(2-1-5(7)4-18-19)20-9(15,16)8(13)14/h1-4,8H. The normalized spacial score (nSPS) is 13.1. The molecular formula is C10H5Cl2F5N2OS. The molecule has 1 heterocycles. The number of hydrogen-bond acceptors (Lipinski definition) is 3. The number of fused-ring (bicyclic) bond motifs is 1. The van der Waals surface area contributed by atoms with Crippen LogP contribution in [0.3, 0.4) is 0 Å². The van der Waals surface area contributed by atoms with E-state index < -0.39 is 22.2 Å². The summed E-state index contributed by atoms with van der Waals surface area (Å²) in [6, 6.07) is 3.34. The Morgan fingerprint density at radius 3 is 2.48 bits per heavy atom. The van der Waals surface area contributed by atoms with Crippen molar-refractivity contribution < 1.29 is 26.7 Å². The van der Waals surface area contributed by atoms with Crippen molar-refractivity contribution in [2.24, 2.45) is 0 Å². The van der Waals surface area contributed by atoms with Gasteiger partial charge in [-0.1, -0.05) is 23.2 Å². The average molecular weight is 367 g/mol. The van der Waals surface area contributed by atoms with Gasteiger partial charge in [-0.3, -0.25) is 0 Å². The minimum atomic E-state index is -4.64. The van der Waals surface area contributed by atoms with Crippen molar-refractivity contribution in [3.63, 3.8) is 0 Å². The number of ether oxygens (including phenoxy) is 1. The van der Waals surface area contributed by atoms with Crippen LogP contribution >= 0.6 is 35.1 Å². The number of aromatic nitrogens is 2. The van der Waals surface area contributed by atoms with Gasteiger partial charge in [0.25, 0.3) is 0 Å². The third-order valence-electron chi connectivity index (χ3n) is 2.21. The van der Waals surface area contributed by atoms with Gasteiger partial charge in [-0.05, 0) is 12.1 Å². The number of nitrogens with zero attached hydrogens (tertiary/aromatic N) is 2. The van der Waals surface area contributed by atoms with Crippen LogP contribution in [0.4, 0.5) is 22.0 Å². The minimum absolute atomic E-state index is 0.117. The monoisotopic (exact) mass is 366 g/mol. The van der Waals surface area contributed by atoms with Crippen molar-refractivity contribution in [3.05, 3.63) is 24.4 Å². The predicted molar refractivity (Wildman–Crippen MR) is 69.8 cm³/mol. The summed E-state index contributed by atoms with van der Waals surface area (Å²) < 4.78 is 65.1. The lowest BCUT2D eigenvalue weighted by atomic mass is 10.2. The minimum Gasteiger partial charge on any atom is -0.428 e. The third kappa shape index (κ3) is 4.04. The lowest BCUT2D eigenvalue weighted by Gasteiger charge is -2.17. The second-order valence-electron chi connectivity index (χ2n) is 3.74. The molecule has 116 valence electrons. The van der Waals surface area contributed by atoms with Crippen LogP contribution in [0.15, 0.2) is 24.4 Å². The van der Waals surface area contributed by atoms with E-state index >= 15 is 0 Å². The first kappa shape index (κ1) is 16.4. The Balaban J connectivity index is 2.34. The van der Waals surface area contributed by atoms with Gasteiger partial charge < -0.3 is 4.74 Å². The van der Waals surface area contributed by atoms with Gasteiger partial charge in [0.2, 0.25) is 0 Å². The molecule has 0 unspecified atom stereocenters. The summed E-state index contributed by atoms with van der Waals surface area (Å²) >= 11 is 10.6. The molecule has 0 radical (unpaired) electrons. The largest absolute Gasteiger partial charge is 0.461 e. The zero-order valence-electron chi connectivity index (χ0n) is 9.74. The zero-order chi connectivity index (χ0) is 15.8. The van der Waals surface area contributed by atoms with E-state index in [1.54, 1.807) is 0 Å². The molecule has 0 N–H and O–H groups in total. The molecule has 0 aliphatic carbocycles. The predicted octanol–water partition coefficient (Wildman–Crippen LogP) is 4.83. The molecule has 1 aromatic heterocycles. The van der Waals surface area contributed by atoms with Crippen LogP contribution in [0.1, 0.15) is 0 Å². The fraction of sp³-hybridized carbons (Fsp3) is 0.300. The highest BCUT2D eigenvalue weighted by Gasteiger charge is 2.44. The van der Waals surface area contributed by atoms with Gasteiger partial charge in [0.05, 0.1) is 23.7 Å². The summed E-state index contributed by atoms with van der Waals surface area (Å²) in [4.78, 5) is 0. The van der Waals surface area contributed by atoms with Crippen molar-refractivity contribution in [1.29, 1.82) is 0 Å². The summed E-state index contributed by atoms with van der Waals surface area (Å²) in [5, 5.41) is 4.16. The number of benzene rings is 1. The maximum atomic E-state index is 13.1. The lowest BCUT2D eigenvalue weighted by Crippen LogP contribution is -2.33. The van der Waals surface area contributed by atoms with Crippen LogP contribution in [-0.4, -0.2) is 25.6 Å². The second-order valence-corrected chi connectivity index (χ2v) is 6.51. The number of halogens is 7. The first-order valence-electron chi connectivity index (χ1n) is 5.17. The highest BCUT2D eigenvalue weighted by molar-refractivity contribution is 8.01. The van der Waals surface area contributed by atoms with Crippen molar-refractivity contribution in [1.82, 2.24) is 9.19 Å². The average Bonchev–Trinajstić information content (AvgIpc) is 2.69. The Kier molecular flexibility index (Phi) is 4.46. The van der Waals surface area contributed by atoms with E-state index in [4.69, 9.17) is 23.2 Å². The molecule has 0 aliphatic heterocycles. The highest BCUT2D eigenvalue weighted by atomic mass is 35.5. The zero-order valence-corrected chi connectivity index (χ0v) is 12.1. The first-order chi connectivity index (χ1) is 9.58. The molecule has 0 saturated heterocycles. The Hall–Kier alpha value is -0.930. The first-order valence-corrected chi connectivity index (χ1v) is 6.70. The van der Waals surface area contributed by atoms with Gasteiger partial charge in [0, 0.05) is 11.5 Å². The molecule has 2 rings (SSSR count). The van der Waals surface area contributed by atoms with E-state index in [-0.39, 0.29) is 17.5 Å². The fourth-order valence-corrected chi connectivity index (χ4v) is 2.35. The third-order valence-corrected chi connectivity index (χ3v) is 3.29. The Morgan fingerprint density at radius 1 is 1.24 bits per heavy atom. The smallest absolute Gasteiger partial charge is 0.428 e. The van der Waals surface area contributed by atoms with Crippen LogP contribution in [0.2, 0.25) is 0 Å². The van der Waals surface area contributed by atoms with E-state index in [0.717, 1.165) is 16.2 Å². The molecule has 21 heavy (non-hydrogen) atoms. The highest BCUT2D eigenvalue weighted by Crippen LogP contribution is 2.39. The molecule has 3 nitrogen and oxygen atoms in total. The van der Waals surface area contributed by atoms with E-state index in [0.29, 0.717) is 5.39 Å². The van der Waals surface area contributed by atoms with E-state index in [9.17, 15) is 22.0 Å². The molecule has 2 aromatic rings. The van der Waals surface area contributed by atoms with Crippen LogP contribution in [-0.2, 0) is 0 Å². The molecule has 0 atom stereocenters. The molecule has 1 aromatic carbocycles. The quantitative estimate of drug-likeness (QED) is 0.560. The number of alkyl halides is 7. The van der Waals surface area contributed by atoms with Crippen molar-refractivity contribution in [2.45, 2.75) is 16.5 Å². The lowest BCUT2D eigenvalue weighted by molar-refractivity contribution is -0.253. The summed E-state index contributed by atoms with van der Waals surface area (Å²) in [5.74, 6) is -0.538. The molecule has 0 spiro atoms. The summed E-state index contributed by atoms with van der Waals surface area (Å²) in [7, 11) is 0.